The van der Waals surface area contributed by atoms with Crippen LogP contribution in [0.5, 0.6) is 0 Å². The van der Waals surface area contributed by atoms with Gasteiger partial charge in [0.25, 0.3) is 0 Å². The minimum Gasteiger partial charge on any atom is -0.0642 e. The third-order valence-corrected chi connectivity index (χ3v) is 5.25. The zero-order valence-electron chi connectivity index (χ0n) is 8.26. The van der Waals surface area contributed by atoms with E-state index in [2.05, 4.69) is 0 Å². The maximum absolute atomic E-state index is 2.01. The van der Waals surface area contributed by atoms with Crippen molar-refractivity contribution in [1.82, 2.24) is 0 Å². The van der Waals surface area contributed by atoms with Crippen LogP contribution in [-0.4, -0.2) is 0 Å². The van der Waals surface area contributed by atoms with Crippen LogP contribution in [0.2, 0.25) is 0 Å². The van der Waals surface area contributed by atoms with Crippen LogP contribution in [0.1, 0.15) is 44.9 Å². The summed E-state index contributed by atoms with van der Waals surface area (Å²) in [6, 6.07) is 0. The predicted octanol–water partition coefficient (Wildman–Crippen LogP) is 3.53. The van der Waals surface area contributed by atoms with E-state index in [4.69, 9.17) is 0 Å². The lowest BCUT2D eigenvalue weighted by molar-refractivity contribution is 0.266. The van der Waals surface area contributed by atoms with Crippen molar-refractivity contribution in [2.45, 2.75) is 44.9 Å². The number of rotatable bonds is 0. The third kappa shape index (κ3) is 0.742. The highest BCUT2D eigenvalue weighted by Crippen LogP contribution is 2.61. The van der Waals surface area contributed by atoms with Crippen LogP contribution in [0.3, 0.4) is 0 Å². The van der Waals surface area contributed by atoms with Gasteiger partial charge in [0.15, 0.2) is 0 Å². The van der Waals surface area contributed by atoms with E-state index < -0.39 is 0 Å². The summed E-state index contributed by atoms with van der Waals surface area (Å²) in [5.74, 6) is 4.28. The van der Waals surface area contributed by atoms with Gasteiger partial charge in [-0.05, 0) is 68.6 Å². The van der Waals surface area contributed by atoms with Crippen molar-refractivity contribution in [1.29, 1.82) is 0 Å². The molecule has 0 aromatic rings. The fourth-order valence-electron chi connectivity index (χ4n) is 4.87. The van der Waals surface area contributed by atoms with Gasteiger partial charge < -0.3 is 0 Å². The Balaban J connectivity index is 1.88. The molecule has 5 rings (SSSR count). The summed E-state index contributed by atoms with van der Waals surface area (Å²) in [6.07, 6.45) is 10.9. The molecule has 13 heavy (non-hydrogen) atoms. The molecule has 0 aromatic carbocycles. The summed E-state index contributed by atoms with van der Waals surface area (Å²) < 4.78 is 0. The molecule has 2 fully saturated rings. The van der Waals surface area contributed by atoms with E-state index in [0.29, 0.717) is 0 Å². The molecule has 0 heteroatoms. The van der Waals surface area contributed by atoms with E-state index in [-0.39, 0.29) is 0 Å². The smallest absolute Gasteiger partial charge is 0.0192 e. The molecule has 0 heterocycles. The average Bonchev–Trinajstić information content (AvgIpc) is 2.80. The molecule has 5 aliphatic rings. The van der Waals surface area contributed by atoms with E-state index in [0.717, 1.165) is 23.7 Å². The van der Waals surface area contributed by atoms with Crippen molar-refractivity contribution in [3.63, 3.8) is 0 Å². The van der Waals surface area contributed by atoms with Crippen LogP contribution in [0.15, 0.2) is 11.1 Å². The molecule has 0 radical (unpaired) electrons. The first-order valence-corrected chi connectivity index (χ1v) is 6.17. The first kappa shape index (κ1) is 7.09. The van der Waals surface area contributed by atoms with Crippen LogP contribution in [0, 0.1) is 23.7 Å². The van der Waals surface area contributed by atoms with E-state index in [9.17, 15) is 0 Å². The van der Waals surface area contributed by atoms with Gasteiger partial charge in [-0.1, -0.05) is 11.1 Å². The topological polar surface area (TPSA) is 0 Å². The summed E-state index contributed by atoms with van der Waals surface area (Å²) in [5, 5.41) is 0. The number of allylic oxidation sites excluding steroid dienone is 2. The lowest BCUT2D eigenvalue weighted by atomic mass is 9.63. The van der Waals surface area contributed by atoms with Crippen LogP contribution < -0.4 is 0 Å². The SMILES string of the molecule is C1CC2CCC1C1=C2C2CCC1C2. The molecule has 0 saturated heterocycles. The van der Waals surface area contributed by atoms with Gasteiger partial charge in [-0.25, -0.2) is 0 Å². The minimum absolute atomic E-state index is 1.07. The summed E-state index contributed by atoms with van der Waals surface area (Å²) in [5.41, 5.74) is 4.03. The van der Waals surface area contributed by atoms with Crippen molar-refractivity contribution in [2.24, 2.45) is 23.7 Å². The molecular formula is C13H18. The lowest BCUT2D eigenvalue weighted by Crippen LogP contribution is -2.29. The number of hydrogen-bond donors (Lipinski definition) is 0. The molecule has 5 aliphatic carbocycles. The van der Waals surface area contributed by atoms with Gasteiger partial charge in [-0.3, -0.25) is 0 Å². The molecule has 2 unspecified atom stereocenters. The standard InChI is InChI=1S/C13H18/c1-2-9-4-3-8(1)12-10-5-6-11(7-10)13(9)12/h8-11H,1-7H2. The Labute approximate surface area is 80.4 Å². The van der Waals surface area contributed by atoms with Gasteiger partial charge in [0.2, 0.25) is 0 Å². The molecule has 0 aromatic heterocycles. The predicted molar refractivity (Wildman–Crippen MR) is 53.3 cm³/mol. The Kier molecular flexibility index (Phi) is 1.21. The highest BCUT2D eigenvalue weighted by atomic mass is 14.5. The van der Waals surface area contributed by atoms with Crippen LogP contribution >= 0.6 is 0 Å². The first-order valence-electron chi connectivity index (χ1n) is 6.17. The molecule has 2 saturated carbocycles. The fourth-order valence-corrected chi connectivity index (χ4v) is 4.87. The molecule has 0 spiro atoms. The van der Waals surface area contributed by atoms with Crippen molar-refractivity contribution in [2.75, 3.05) is 0 Å². The van der Waals surface area contributed by atoms with Gasteiger partial charge >= 0.3 is 0 Å². The summed E-state index contributed by atoms with van der Waals surface area (Å²) >= 11 is 0. The second-order valence-electron chi connectivity index (χ2n) is 5.67. The molecule has 0 N–H and O–H groups in total. The average molecular weight is 174 g/mol. The van der Waals surface area contributed by atoms with E-state index >= 15 is 0 Å². The highest BCUT2D eigenvalue weighted by molar-refractivity contribution is 5.36. The zero-order chi connectivity index (χ0) is 8.41. The molecule has 0 nitrogen and oxygen atoms in total. The Morgan fingerprint density at radius 2 is 0.923 bits per heavy atom. The molecule has 0 aliphatic heterocycles. The summed E-state index contributed by atoms with van der Waals surface area (Å²) in [4.78, 5) is 0. The van der Waals surface area contributed by atoms with E-state index in [1.54, 1.807) is 44.9 Å². The van der Waals surface area contributed by atoms with Gasteiger partial charge in [0, 0.05) is 0 Å². The number of hydrogen-bond acceptors (Lipinski definition) is 0. The van der Waals surface area contributed by atoms with Gasteiger partial charge in [-0.15, -0.1) is 0 Å². The Morgan fingerprint density at radius 3 is 1.38 bits per heavy atom. The Hall–Kier alpha value is -0.260. The summed E-state index contributed by atoms with van der Waals surface area (Å²) in [7, 11) is 0. The second kappa shape index (κ2) is 2.21. The van der Waals surface area contributed by atoms with E-state index in [1.165, 1.54) is 0 Å². The van der Waals surface area contributed by atoms with Gasteiger partial charge in [0.1, 0.15) is 0 Å². The molecular weight excluding hydrogens is 156 g/mol. The third-order valence-electron chi connectivity index (χ3n) is 5.25. The van der Waals surface area contributed by atoms with Crippen molar-refractivity contribution < 1.29 is 0 Å². The Bertz CT molecular complexity index is 250. The quantitative estimate of drug-likeness (QED) is 0.493. The molecule has 0 amide bonds. The molecule has 4 bridgehead atoms. The van der Waals surface area contributed by atoms with Gasteiger partial charge in [-0.2, -0.15) is 0 Å². The van der Waals surface area contributed by atoms with Crippen LogP contribution in [-0.2, 0) is 0 Å². The zero-order valence-corrected chi connectivity index (χ0v) is 8.26. The van der Waals surface area contributed by atoms with E-state index in [1.807, 2.05) is 11.1 Å². The minimum atomic E-state index is 1.07. The van der Waals surface area contributed by atoms with Crippen molar-refractivity contribution >= 4 is 0 Å². The van der Waals surface area contributed by atoms with Crippen molar-refractivity contribution in [3.05, 3.63) is 11.1 Å². The first-order chi connectivity index (χ1) is 6.43. The number of fused-ring (bicyclic) bond motifs is 4. The Morgan fingerprint density at radius 1 is 0.538 bits per heavy atom. The van der Waals surface area contributed by atoms with Gasteiger partial charge in [0.05, 0.1) is 0 Å². The molecule has 70 valence electrons. The monoisotopic (exact) mass is 174 g/mol. The maximum atomic E-state index is 2.01. The summed E-state index contributed by atoms with van der Waals surface area (Å²) in [6.45, 7) is 0. The van der Waals surface area contributed by atoms with Crippen molar-refractivity contribution in [3.8, 4) is 0 Å². The largest absolute Gasteiger partial charge is 0.0642 e. The highest BCUT2D eigenvalue weighted by Gasteiger charge is 2.48. The van der Waals surface area contributed by atoms with Crippen LogP contribution in [0.25, 0.3) is 0 Å². The normalized spacial score (nSPS) is 51.7. The fraction of sp³-hybridized carbons (Fsp3) is 0.846. The van der Waals surface area contributed by atoms with Crippen LogP contribution in [0.4, 0.5) is 0 Å². The molecule has 2 atom stereocenters. The lowest BCUT2D eigenvalue weighted by Gasteiger charge is -2.42. The second-order valence-corrected chi connectivity index (χ2v) is 5.67. The maximum Gasteiger partial charge on any atom is -0.0192 e.